The highest BCUT2D eigenvalue weighted by atomic mass is 79.9. The second-order valence-electron chi connectivity index (χ2n) is 16.7. The molecule has 55 heavy (non-hydrogen) atoms. The largest absolute Gasteiger partial charge is 0.388 e. The summed E-state index contributed by atoms with van der Waals surface area (Å²) in [5, 5.41) is 3.41. The lowest BCUT2D eigenvalue weighted by Crippen LogP contribution is -2.26. The fraction of sp³-hybridized carbons (Fsp3) is 0.537. The van der Waals surface area contributed by atoms with Crippen molar-refractivity contribution in [3.8, 4) is 0 Å². The summed E-state index contributed by atoms with van der Waals surface area (Å²) >= 11 is 9.18. The van der Waals surface area contributed by atoms with E-state index in [0.717, 1.165) is 93.3 Å². The number of halogens is 2. The maximum Gasteiger partial charge on any atom is 0.265 e. The summed E-state index contributed by atoms with van der Waals surface area (Å²) in [4.78, 5) is 13.9. The van der Waals surface area contributed by atoms with Gasteiger partial charge in [-0.3, -0.25) is 4.31 Å². The Morgan fingerprint density at radius 1 is 0.818 bits per heavy atom. The predicted molar refractivity (Wildman–Crippen MR) is 226 cm³/mol. The van der Waals surface area contributed by atoms with Crippen LogP contribution in [0, 0.1) is 11.8 Å². The number of nitrogens with zero attached hydrogens (tertiary/aromatic N) is 6. The normalized spacial score (nSPS) is 16.3. The molecule has 2 fully saturated rings. The van der Waals surface area contributed by atoms with E-state index in [1.165, 1.54) is 35.0 Å². The Morgan fingerprint density at radius 2 is 1.31 bits per heavy atom. The van der Waals surface area contributed by atoms with Gasteiger partial charge in [0, 0.05) is 76.3 Å². The maximum atomic E-state index is 13.2. The van der Waals surface area contributed by atoms with Gasteiger partial charge in [-0.05, 0) is 95.9 Å². The van der Waals surface area contributed by atoms with Crippen molar-refractivity contribution >= 4 is 71.0 Å². The molecule has 0 amide bonds. The van der Waals surface area contributed by atoms with Crippen LogP contribution in [0.4, 0.5) is 11.4 Å². The van der Waals surface area contributed by atoms with Crippen LogP contribution in [0.15, 0.2) is 58.0 Å². The van der Waals surface area contributed by atoms with Crippen LogP contribution in [0.3, 0.4) is 0 Å². The minimum Gasteiger partial charge on any atom is -0.388 e. The zero-order chi connectivity index (χ0) is 39.7. The first-order valence-corrected chi connectivity index (χ1v) is 21.7. The van der Waals surface area contributed by atoms with Crippen molar-refractivity contribution < 1.29 is 17.9 Å². The van der Waals surface area contributed by atoms with Crippen molar-refractivity contribution in [3.05, 3.63) is 69.9 Å². The number of ether oxygens (including phenoxy) is 2. The van der Waals surface area contributed by atoms with E-state index in [0.29, 0.717) is 22.0 Å². The summed E-state index contributed by atoms with van der Waals surface area (Å²) in [6.07, 6.45) is 5.63. The Labute approximate surface area is 339 Å². The monoisotopic (exact) mass is 855 g/mol. The van der Waals surface area contributed by atoms with E-state index < -0.39 is 10.0 Å². The molecule has 14 heteroatoms. The molecule has 2 saturated heterocycles. The highest BCUT2D eigenvalue weighted by Gasteiger charge is 2.28. The number of nitrogens with one attached hydrogen (secondary N) is 1. The number of benzene rings is 2. The third kappa shape index (κ3) is 9.33. The van der Waals surface area contributed by atoms with Gasteiger partial charge in [0.15, 0.2) is 0 Å². The Kier molecular flexibility index (Phi) is 12.6. The van der Waals surface area contributed by atoms with Gasteiger partial charge in [-0.15, -0.1) is 0 Å². The van der Waals surface area contributed by atoms with Crippen molar-refractivity contribution in [3.63, 3.8) is 0 Å². The highest BCUT2D eigenvalue weighted by Crippen LogP contribution is 2.34. The first kappa shape index (κ1) is 41.4. The number of hydrogen-bond acceptors (Lipinski definition) is 8. The average molecular weight is 857 g/mol. The number of imidazole rings is 2. The molecule has 3 aromatic heterocycles. The lowest BCUT2D eigenvalue weighted by atomic mass is 9.94. The first-order chi connectivity index (χ1) is 26.0. The molecular weight excluding hydrogens is 802 g/mol. The maximum absolute atomic E-state index is 13.2. The van der Waals surface area contributed by atoms with E-state index in [1.807, 2.05) is 25.2 Å². The van der Waals surface area contributed by atoms with Gasteiger partial charge in [-0.1, -0.05) is 53.1 Å². The number of fused-ring (bicyclic) bond motifs is 2. The third-order valence-electron chi connectivity index (χ3n) is 10.5. The van der Waals surface area contributed by atoms with E-state index >= 15 is 0 Å². The van der Waals surface area contributed by atoms with Crippen molar-refractivity contribution in [1.82, 2.24) is 24.1 Å². The number of hydrogen-bond donors (Lipinski definition) is 1. The molecular formula is C41H55BrClN7O4S. The molecule has 0 radical (unpaired) electrons. The van der Waals surface area contributed by atoms with Crippen LogP contribution in [0.25, 0.3) is 22.1 Å². The zero-order valence-corrected chi connectivity index (χ0v) is 36.5. The van der Waals surface area contributed by atoms with Crippen molar-refractivity contribution in [2.24, 2.45) is 11.8 Å². The summed E-state index contributed by atoms with van der Waals surface area (Å²) < 4.78 is 43.9. The molecule has 1 N–H and O–H groups in total. The molecule has 298 valence electrons. The van der Waals surface area contributed by atoms with Crippen LogP contribution in [0.5, 0.6) is 0 Å². The summed E-state index contributed by atoms with van der Waals surface area (Å²) in [7, 11) is -0.341. The van der Waals surface area contributed by atoms with E-state index in [4.69, 9.17) is 31.0 Å². The molecule has 0 aliphatic carbocycles. The van der Waals surface area contributed by atoms with Gasteiger partial charge in [0.05, 0.1) is 32.2 Å². The summed E-state index contributed by atoms with van der Waals surface area (Å²) in [5.74, 6) is 3.41. The van der Waals surface area contributed by atoms with Crippen LogP contribution in [0.2, 0.25) is 5.15 Å². The number of rotatable bonds is 8. The predicted octanol–water partition coefficient (Wildman–Crippen LogP) is 9.20. The number of sulfonamides is 1. The van der Waals surface area contributed by atoms with Gasteiger partial charge in [0.1, 0.15) is 21.7 Å². The van der Waals surface area contributed by atoms with E-state index in [1.54, 1.807) is 0 Å². The zero-order valence-electron chi connectivity index (χ0n) is 33.3. The summed E-state index contributed by atoms with van der Waals surface area (Å²) in [6.45, 7) is 18.5. The van der Waals surface area contributed by atoms with Crippen LogP contribution < -0.4 is 9.62 Å². The second kappa shape index (κ2) is 16.7. The molecule has 0 bridgehead atoms. The fourth-order valence-electron chi connectivity index (χ4n) is 7.33. The summed E-state index contributed by atoms with van der Waals surface area (Å²) in [6, 6.07) is 13.6. The molecule has 2 aromatic carbocycles. The van der Waals surface area contributed by atoms with Crippen molar-refractivity contribution in [2.45, 2.75) is 96.0 Å². The number of pyridine rings is 1. The van der Waals surface area contributed by atoms with Crippen molar-refractivity contribution in [2.75, 3.05) is 50.1 Å². The molecule has 5 heterocycles. The highest BCUT2D eigenvalue weighted by molar-refractivity contribution is 9.10. The molecule has 0 atom stereocenters. The Hall–Kier alpha value is -3.23. The van der Waals surface area contributed by atoms with Crippen molar-refractivity contribution in [1.29, 1.82) is 0 Å². The van der Waals surface area contributed by atoms with Gasteiger partial charge in [0.25, 0.3) is 10.0 Å². The quantitative estimate of drug-likeness (QED) is 0.154. The Balaban J connectivity index is 0.000000203. The molecule has 0 unspecified atom stereocenters. The lowest BCUT2D eigenvalue weighted by Gasteiger charge is -2.26. The standard InChI is InChI=1S/C23H28BrClN4O3S.C18H27N3O/c1-23(2,3)22-27-19-11-16(5-6-20(19)29(22)14-15-7-9-32-10-8-15)28(4)33(30,31)17-12-18(24)21(25)26-13-17;1-18(2,3)17-20-15-11-14(19-4)5-6-16(15)21(17)12-13-7-9-22-10-8-13/h5-6,11-13,15H,7-10,14H2,1-4H3;5-6,11,13,19H,7-10,12H2,1-4H3. The molecule has 2 aliphatic heterocycles. The van der Waals surface area contributed by atoms with E-state index in [2.05, 4.69) is 95.1 Å². The molecule has 0 saturated carbocycles. The average Bonchev–Trinajstić information content (AvgIpc) is 3.71. The van der Waals surface area contributed by atoms with Gasteiger partial charge >= 0.3 is 0 Å². The van der Waals surface area contributed by atoms with Gasteiger partial charge in [-0.2, -0.15) is 0 Å². The van der Waals surface area contributed by atoms with Gasteiger partial charge in [-0.25, -0.2) is 23.4 Å². The van der Waals surface area contributed by atoms with E-state index in [9.17, 15) is 8.42 Å². The topological polar surface area (TPSA) is 116 Å². The molecule has 7 rings (SSSR count). The SMILES string of the molecule is CN(c1ccc2c(c1)nc(C(C)(C)C)n2CC1CCOCC1)S(=O)(=O)c1cnc(Cl)c(Br)c1.CNc1ccc2c(c1)nc(C(C)(C)C)n2CC1CCOCC1. The third-order valence-corrected chi connectivity index (χ3v) is 13.4. The van der Waals surface area contributed by atoms with Gasteiger partial charge < -0.3 is 23.9 Å². The minimum atomic E-state index is -3.82. The van der Waals surface area contributed by atoms with Crippen LogP contribution in [-0.4, -0.2) is 73.0 Å². The first-order valence-electron chi connectivity index (χ1n) is 19.1. The molecule has 11 nitrogen and oxygen atoms in total. The van der Waals surface area contributed by atoms with E-state index in [-0.39, 0.29) is 20.9 Å². The lowest BCUT2D eigenvalue weighted by molar-refractivity contribution is 0.0610. The van der Waals surface area contributed by atoms with Crippen LogP contribution in [-0.2, 0) is 43.4 Å². The molecule has 5 aromatic rings. The minimum absolute atomic E-state index is 0.0456. The molecule has 0 spiro atoms. The number of aromatic nitrogens is 5. The smallest absolute Gasteiger partial charge is 0.265 e. The van der Waals surface area contributed by atoms with Crippen LogP contribution >= 0.6 is 27.5 Å². The second-order valence-corrected chi connectivity index (χ2v) is 19.9. The van der Waals surface area contributed by atoms with Gasteiger partial charge in [0.2, 0.25) is 0 Å². The fourth-order valence-corrected chi connectivity index (χ4v) is 9.09. The molecule has 2 aliphatic rings. The Bertz CT molecular complexity index is 2230. The van der Waals surface area contributed by atoms with Crippen LogP contribution in [0.1, 0.15) is 78.9 Å². The Morgan fingerprint density at radius 3 is 1.78 bits per heavy atom. The number of anilines is 2. The summed E-state index contributed by atoms with van der Waals surface area (Å²) in [5.41, 5.74) is 5.67.